The number of halogens is 1. The molecule has 82 valence electrons. The molecule has 0 aromatic rings. The van der Waals surface area contributed by atoms with Gasteiger partial charge in [-0.05, 0) is 19.8 Å². The van der Waals surface area contributed by atoms with Gasteiger partial charge in [0.1, 0.15) is 0 Å². The zero-order valence-corrected chi connectivity index (χ0v) is 9.30. The largest absolute Gasteiger partial charge is 0.479 e. The lowest BCUT2D eigenvalue weighted by Gasteiger charge is -2.21. The molecular formula is C9H15ClO4. The van der Waals surface area contributed by atoms with Crippen LogP contribution in [0.2, 0.25) is 0 Å². The predicted octanol–water partition coefficient (Wildman–Crippen LogP) is 1.80. The van der Waals surface area contributed by atoms with Gasteiger partial charge < -0.3 is 9.84 Å². The highest BCUT2D eigenvalue weighted by atomic mass is 35.5. The molecule has 0 saturated heterocycles. The topological polar surface area (TPSA) is 63.6 Å². The summed E-state index contributed by atoms with van der Waals surface area (Å²) in [5.41, 5.74) is 0. The van der Waals surface area contributed by atoms with E-state index in [1.54, 1.807) is 6.92 Å². The minimum Gasteiger partial charge on any atom is -0.479 e. The second kappa shape index (κ2) is 5.20. The molecule has 14 heavy (non-hydrogen) atoms. The number of hydrogen-bond donors (Lipinski definition) is 1. The Morgan fingerprint density at radius 1 is 1.50 bits per heavy atom. The molecular weight excluding hydrogens is 208 g/mol. The third-order valence-corrected chi connectivity index (χ3v) is 2.62. The Morgan fingerprint density at radius 3 is 2.29 bits per heavy atom. The average molecular weight is 223 g/mol. The summed E-state index contributed by atoms with van der Waals surface area (Å²) in [5.74, 6) is -2.25. The molecule has 0 rings (SSSR count). The average Bonchev–Trinajstić information content (AvgIpc) is 2.15. The fraction of sp³-hybridized carbons (Fsp3) is 0.778. The Bertz CT molecular complexity index is 229. The van der Waals surface area contributed by atoms with Crippen LogP contribution in [-0.4, -0.2) is 28.0 Å². The van der Waals surface area contributed by atoms with Crippen LogP contribution in [0.25, 0.3) is 0 Å². The summed E-state index contributed by atoms with van der Waals surface area (Å²) >= 11 is 5.64. The van der Waals surface area contributed by atoms with Crippen LogP contribution in [0.4, 0.5) is 0 Å². The van der Waals surface area contributed by atoms with Gasteiger partial charge in [0.25, 0.3) is 0 Å². The van der Waals surface area contributed by atoms with E-state index in [1.165, 1.54) is 6.92 Å². The van der Waals surface area contributed by atoms with Crippen molar-refractivity contribution < 1.29 is 19.4 Å². The smallest absolute Gasteiger partial charge is 0.339 e. The summed E-state index contributed by atoms with van der Waals surface area (Å²) in [6, 6.07) is 0. The first-order chi connectivity index (χ1) is 6.38. The number of ether oxygens (including phenoxy) is 1. The Hall–Kier alpha value is -0.770. The number of rotatable bonds is 5. The lowest BCUT2D eigenvalue weighted by Crippen LogP contribution is -2.43. The van der Waals surface area contributed by atoms with Crippen molar-refractivity contribution in [2.24, 2.45) is 0 Å². The quantitative estimate of drug-likeness (QED) is 0.438. The maximum atomic E-state index is 11.4. The third-order valence-electron chi connectivity index (χ3n) is 2.03. The van der Waals surface area contributed by atoms with Crippen LogP contribution in [0.15, 0.2) is 0 Å². The Kier molecular flexibility index (Phi) is 4.91. The van der Waals surface area contributed by atoms with E-state index in [2.05, 4.69) is 0 Å². The van der Waals surface area contributed by atoms with E-state index in [0.717, 1.165) is 0 Å². The van der Waals surface area contributed by atoms with Gasteiger partial charge in [-0.1, -0.05) is 25.4 Å². The SMILES string of the molecule is CCC(C)OC(=O)C(Cl)(CC)C(=O)O. The maximum absolute atomic E-state index is 11.4. The number of alkyl halides is 1. The molecule has 4 nitrogen and oxygen atoms in total. The van der Waals surface area contributed by atoms with Crippen molar-refractivity contribution in [1.82, 2.24) is 0 Å². The minimum absolute atomic E-state index is 0.000837. The van der Waals surface area contributed by atoms with E-state index in [-0.39, 0.29) is 12.5 Å². The highest BCUT2D eigenvalue weighted by Crippen LogP contribution is 2.23. The van der Waals surface area contributed by atoms with Crippen LogP contribution in [0, 0.1) is 0 Å². The van der Waals surface area contributed by atoms with E-state index < -0.39 is 16.8 Å². The van der Waals surface area contributed by atoms with Crippen LogP contribution in [0.5, 0.6) is 0 Å². The molecule has 0 aromatic carbocycles. The predicted molar refractivity (Wildman–Crippen MR) is 52.4 cm³/mol. The van der Waals surface area contributed by atoms with Gasteiger partial charge >= 0.3 is 11.9 Å². The van der Waals surface area contributed by atoms with Gasteiger partial charge in [-0.3, -0.25) is 0 Å². The monoisotopic (exact) mass is 222 g/mol. The number of carboxylic acids is 1. The number of carbonyl (C=O) groups excluding carboxylic acids is 1. The summed E-state index contributed by atoms with van der Waals surface area (Å²) in [5, 5.41) is 8.76. The van der Waals surface area contributed by atoms with Gasteiger partial charge in [0.15, 0.2) is 0 Å². The van der Waals surface area contributed by atoms with Gasteiger partial charge in [0.2, 0.25) is 4.87 Å². The highest BCUT2D eigenvalue weighted by Gasteiger charge is 2.44. The van der Waals surface area contributed by atoms with Gasteiger partial charge in [-0.25, -0.2) is 9.59 Å². The Labute approximate surface area is 88.2 Å². The molecule has 5 heteroatoms. The molecule has 0 fully saturated rings. The second-order valence-electron chi connectivity index (χ2n) is 3.08. The third kappa shape index (κ3) is 2.87. The molecule has 0 aliphatic heterocycles. The minimum atomic E-state index is -1.94. The molecule has 0 radical (unpaired) electrons. The van der Waals surface area contributed by atoms with E-state index >= 15 is 0 Å². The van der Waals surface area contributed by atoms with Crippen molar-refractivity contribution in [2.75, 3.05) is 0 Å². The molecule has 2 unspecified atom stereocenters. The van der Waals surface area contributed by atoms with Gasteiger partial charge in [0.05, 0.1) is 6.10 Å². The first-order valence-electron chi connectivity index (χ1n) is 4.51. The maximum Gasteiger partial charge on any atom is 0.339 e. The summed E-state index contributed by atoms with van der Waals surface area (Å²) in [7, 11) is 0. The molecule has 0 aliphatic carbocycles. The summed E-state index contributed by atoms with van der Waals surface area (Å²) in [4.78, 5) is 20.2. The van der Waals surface area contributed by atoms with Crippen molar-refractivity contribution in [3.05, 3.63) is 0 Å². The molecule has 0 amide bonds. The van der Waals surface area contributed by atoms with Crippen LogP contribution < -0.4 is 0 Å². The van der Waals surface area contributed by atoms with E-state index in [9.17, 15) is 9.59 Å². The van der Waals surface area contributed by atoms with Gasteiger partial charge in [-0.15, -0.1) is 0 Å². The van der Waals surface area contributed by atoms with Crippen molar-refractivity contribution >= 4 is 23.5 Å². The van der Waals surface area contributed by atoms with Crippen LogP contribution >= 0.6 is 11.6 Å². The fourth-order valence-electron chi connectivity index (χ4n) is 0.742. The van der Waals surface area contributed by atoms with Crippen LogP contribution in [0.3, 0.4) is 0 Å². The number of aliphatic carboxylic acids is 1. The molecule has 0 aromatic heterocycles. The van der Waals surface area contributed by atoms with Crippen molar-refractivity contribution in [2.45, 2.75) is 44.6 Å². The molecule has 0 aliphatic rings. The van der Waals surface area contributed by atoms with Crippen LogP contribution in [-0.2, 0) is 14.3 Å². The molecule has 0 spiro atoms. The van der Waals surface area contributed by atoms with E-state index in [0.29, 0.717) is 6.42 Å². The number of hydrogen-bond acceptors (Lipinski definition) is 3. The van der Waals surface area contributed by atoms with Crippen molar-refractivity contribution in [1.29, 1.82) is 0 Å². The normalized spacial score (nSPS) is 16.9. The Morgan fingerprint density at radius 2 is 2.00 bits per heavy atom. The molecule has 0 heterocycles. The molecule has 2 atom stereocenters. The Balaban J connectivity index is 4.55. The molecule has 0 bridgehead atoms. The first kappa shape index (κ1) is 13.2. The number of carbonyl (C=O) groups is 2. The summed E-state index contributed by atoms with van der Waals surface area (Å²) < 4.78 is 4.87. The molecule has 1 N–H and O–H groups in total. The summed E-state index contributed by atoms with van der Waals surface area (Å²) in [6.07, 6.45) is 0.313. The lowest BCUT2D eigenvalue weighted by molar-refractivity contribution is -0.159. The van der Waals surface area contributed by atoms with Gasteiger partial charge in [0, 0.05) is 0 Å². The second-order valence-corrected chi connectivity index (χ2v) is 3.73. The standard InChI is InChI=1S/C9H15ClO4/c1-4-6(3)14-8(13)9(10,5-2)7(11)12/h6H,4-5H2,1-3H3,(H,11,12). The number of carboxylic acid groups (broad SMARTS) is 1. The first-order valence-corrected chi connectivity index (χ1v) is 4.89. The van der Waals surface area contributed by atoms with Crippen molar-refractivity contribution in [3.63, 3.8) is 0 Å². The van der Waals surface area contributed by atoms with Gasteiger partial charge in [-0.2, -0.15) is 0 Å². The van der Waals surface area contributed by atoms with Crippen LogP contribution in [0.1, 0.15) is 33.6 Å². The summed E-state index contributed by atoms with van der Waals surface area (Å²) in [6.45, 7) is 5.05. The van der Waals surface area contributed by atoms with Crippen molar-refractivity contribution in [3.8, 4) is 0 Å². The zero-order valence-electron chi connectivity index (χ0n) is 8.54. The fourth-order valence-corrected chi connectivity index (χ4v) is 0.787. The lowest BCUT2D eigenvalue weighted by atomic mass is 10.1. The zero-order chi connectivity index (χ0) is 11.4. The van der Waals surface area contributed by atoms with E-state index in [4.69, 9.17) is 21.4 Å². The number of esters is 1. The highest BCUT2D eigenvalue weighted by molar-refractivity contribution is 6.44. The van der Waals surface area contributed by atoms with E-state index in [1.807, 2.05) is 6.92 Å². The molecule has 0 saturated carbocycles.